The topological polar surface area (TPSA) is 57.8 Å². The molecule has 1 unspecified atom stereocenters. The zero-order chi connectivity index (χ0) is 16.6. The van der Waals surface area contributed by atoms with Gasteiger partial charge in [0.15, 0.2) is 0 Å². The fraction of sp³-hybridized carbons (Fsp3) is 0.333. The fourth-order valence-electron chi connectivity index (χ4n) is 2.74. The standard InChI is InChI=1S/C15H13ClF3N3O/c16-9-2-4-11(12(5-9)15(17,18)19)14(23)21-10-3-1-8-7-20-22-13(8)6-10/h2,4-5,7,10H,1,3,6H2,(H,20,22)(H,21,23). The summed E-state index contributed by atoms with van der Waals surface area (Å²) in [6.07, 6.45) is -0.998. The van der Waals surface area contributed by atoms with Gasteiger partial charge >= 0.3 is 6.18 Å². The van der Waals surface area contributed by atoms with Crippen molar-refractivity contribution >= 4 is 17.5 Å². The molecule has 0 spiro atoms. The monoisotopic (exact) mass is 343 g/mol. The number of hydrogen-bond acceptors (Lipinski definition) is 2. The Labute approximate surface area is 135 Å². The molecule has 0 bridgehead atoms. The van der Waals surface area contributed by atoms with E-state index in [9.17, 15) is 18.0 Å². The number of aromatic amines is 1. The van der Waals surface area contributed by atoms with Crippen LogP contribution in [-0.2, 0) is 19.0 Å². The van der Waals surface area contributed by atoms with Gasteiger partial charge in [-0.25, -0.2) is 0 Å². The first-order valence-electron chi connectivity index (χ1n) is 7.03. The number of rotatable bonds is 2. The average Bonchev–Trinajstić information content (AvgIpc) is 2.93. The van der Waals surface area contributed by atoms with E-state index in [1.54, 1.807) is 6.20 Å². The second-order valence-corrected chi connectivity index (χ2v) is 5.91. The lowest BCUT2D eigenvalue weighted by Crippen LogP contribution is -2.39. The highest BCUT2D eigenvalue weighted by atomic mass is 35.5. The van der Waals surface area contributed by atoms with Gasteiger partial charge in [0.2, 0.25) is 0 Å². The number of alkyl halides is 3. The normalized spacial score (nSPS) is 17.7. The molecule has 1 aliphatic rings. The Balaban J connectivity index is 1.79. The van der Waals surface area contributed by atoms with E-state index in [2.05, 4.69) is 15.5 Å². The van der Waals surface area contributed by atoms with Crippen LogP contribution in [0.25, 0.3) is 0 Å². The molecular formula is C15H13ClF3N3O. The molecule has 8 heteroatoms. The number of halogens is 4. The highest BCUT2D eigenvalue weighted by Crippen LogP contribution is 2.34. The predicted molar refractivity (Wildman–Crippen MR) is 78.3 cm³/mol. The predicted octanol–water partition coefficient (Wildman–Crippen LogP) is 3.37. The van der Waals surface area contributed by atoms with Crippen molar-refractivity contribution in [2.24, 2.45) is 0 Å². The first-order valence-corrected chi connectivity index (χ1v) is 7.41. The minimum Gasteiger partial charge on any atom is -0.349 e. The summed E-state index contributed by atoms with van der Waals surface area (Å²) in [5, 5.41) is 9.38. The number of nitrogens with zero attached hydrogens (tertiary/aromatic N) is 1. The van der Waals surface area contributed by atoms with Gasteiger partial charge in [-0.05, 0) is 36.6 Å². The van der Waals surface area contributed by atoms with Gasteiger partial charge in [0.05, 0.1) is 17.3 Å². The molecule has 1 aromatic carbocycles. The summed E-state index contributed by atoms with van der Waals surface area (Å²) in [4.78, 5) is 12.3. The van der Waals surface area contributed by atoms with Crippen LogP contribution >= 0.6 is 11.6 Å². The lowest BCUT2D eigenvalue weighted by atomic mass is 9.93. The van der Waals surface area contributed by atoms with Crippen LogP contribution in [-0.4, -0.2) is 22.1 Å². The van der Waals surface area contributed by atoms with E-state index in [0.717, 1.165) is 29.8 Å². The van der Waals surface area contributed by atoms with Crippen molar-refractivity contribution < 1.29 is 18.0 Å². The van der Waals surface area contributed by atoms with Gasteiger partial charge in [0, 0.05) is 23.2 Å². The van der Waals surface area contributed by atoms with Crippen LogP contribution < -0.4 is 5.32 Å². The van der Waals surface area contributed by atoms with E-state index in [-0.39, 0.29) is 11.1 Å². The number of carbonyl (C=O) groups excluding carboxylic acids is 1. The average molecular weight is 344 g/mol. The van der Waals surface area contributed by atoms with Crippen LogP contribution in [0.5, 0.6) is 0 Å². The number of carbonyl (C=O) groups is 1. The van der Waals surface area contributed by atoms with Crippen LogP contribution in [0.2, 0.25) is 5.02 Å². The van der Waals surface area contributed by atoms with Gasteiger partial charge in [0.1, 0.15) is 0 Å². The Kier molecular flexibility index (Phi) is 4.06. The molecule has 3 rings (SSSR count). The molecule has 0 radical (unpaired) electrons. The Bertz CT molecular complexity index is 742. The van der Waals surface area contributed by atoms with Gasteiger partial charge < -0.3 is 5.32 Å². The summed E-state index contributed by atoms with van der Waals surface area (Å²) in [7, 11) is 0. The van der Waals surface area contributed by atoms with Crippen molar-refractivity contribution in [3.8, 4) is 0 Å². The molecule has 1 aromatic heterocycles. The number of H-pyrrole nitrogens is 1. The summed E-state index contributed by atoms with van der Waals surface area (Å²) in [5.74, 6) is -0.748. The highest BCUT2D eigenvalue weighted by Gasteiger charge is 2.36. The van der Waals surface area contributed by atoms with Crippen LogP contribution in [0.15, 0.2) is 24.4 Å². The molecule has 1 amide bonds. The van der Waals surface area contributed by atoms with Crippen LogP contribution in [0.4, 0.5) is 13.2 Å². The van der Waals surface area contributed by atoms with Crippen LogP contribution in [0.3, 0.4) is 0 Å². The molecule has 1 atom stereocenters. The van der Waals surface area contributed by atoms with E-state index in [0.29, 0.717) is 12.8 Å². The van der Waals surface area contributed by atoms with E-state index >= 15 is 0 Å². The number of benzene rings is 1. The van der Waals surface area contributed by atoms with Crippen LogP contribution in [0, 0.1) is 0 Å². The number of aromatic nitrogens is 2. The molecule has 1 aliphatic carbocycles. The van der Waals surface area contributed by atoms with Gasteiger partial charge in [-0.2, -0.15) is 18.3 Å². The lowest BCUT2D eigenvalue weighted by molar-refractivity contribution is -0.137. The van der Waals surface area contributed by atoms with E-state index in [1.807, 2.05) is 0 Å². The third kappa shape index (κ3) is 3.34. The fourth-order valence-corrected chi connectivity index (χ4v) is 2.92. The largest absolute Gasteiger partial charge is 0.417 e. The summed E-state index contributed by atoms with van der Waals surface area (Å²) < 4.78 is 39.2. The van der Waals surface area contributed by atoms with E-state index < -0.39 is 23.2 Å². The molecular weight excluding hydrogens is 331 g/mol. The van der Waals surface area contributed by atoms with Gasteiger partial charge in [-0.3, -0.25) is 9.89 Å². The maximum Gasteiger partial charge on any atom is 0.417 e. The van der Waals surface area contributed by atoms with Gasteiger partial charge in [-0.1, -0.05) is 11.6 Å². The van der Waals surface area contributed by atoms with Crippen molar-refractivity contribution in [1.82, 2.24) is 15.5 Å². The second kappa shape index (κ2) is 5.88. The summed E-state index contributed by atoms with van der Waals surface area (Å²) in [6.45, 7) is 0. The lowest BCUT2D eigenvalue weighted by Gasteiger charge is -2.23. The first-order chi connectivity index (χ1) is 10.8. The number of fused-ring (bicyclic) bond motifs is 1. The Morgan fingerprint density at radius 3 is 2.91 bits per heavy atom. The smallest absolute Gasteiger partial charge is 0.349 e. The van der Waals surface area contributed by atoms with Crippen molar-refractivity contribution in [3.05, 3.63) is 51.8 Å². The van der Waals surface area contributed by atoms with Crippen molar-refractivity contribution in [1.29, 1.82) is 0 Å². The minimum atomic E-state index is -4.64. The molecule has 2 aromatic rings. The molecule has 0 saturated heterocycles. The van der Waals surface area contributed by atoms with Gasteiger partial charge in [0.25, 0.3) is 5.91 Å². The molecule has 23 heavy (non-hydrogen) atoms. The quantitative estimate of drug-likeness (QED) is 0.878. The number of nitrogens with one attached hydrogen (secondary N) is 2. The van der Waals surface area contributed by atoms with E-state index in [1.165, 1.54) is 6.07 Å². The van der Waals surface area contributed by atoms with Crippen molar-refractivity contribution in [2.75, 3.05) is 0 Å². The molecule has 1 heterocycles. The molecule has 0 saturated carbocycles. The summed E-state index contributed by atoms with van der Waals surface area (Å²) in [5.41, 5.74) is 0.546. The maximum atomic E-state index is 13.1. The maximum absolute atomic E-state index is 13.1. The highest BCUT2D eigenvalue weighted by molar-refractivity contribution is 6.30. The molecule has 0 aliphatic heterocycles. The molecule has 2 N–H and O–H groups in total. The van der Waals surface area contributed by atoms with Crippen molar-refractivity contribution in [2.45, 2.75) is 31.5 Å². The number of amides is 1. The number of hydrogen-bond donors (Lipinski definition) is 2. The Morgan fingerprint density at radius 1 is 1.39 bits per heavy atom. The summed E-state index contributed by atoms with van der Waals surface area (Å²) >= 11 is 5.62. The summed E-state index contributed by atoms with van der Waals surface area (Å²) in [6, 6.07) is 2.92. The Morgan fingerprint density at radius 2 is 2.17 bits per heavy atom. The van der Waals surface area contributed by atoms with Crippen LogP contribution in [0.1, 0.15) is 33.6 Å². The zero-order valence-corrected chi connectivity index (χ0v) is 12.6. The van der Waals surface area contributed by atoms with E-state index in [4.69, 9.17) is 11.6 Å². The minimum absolute atomic E-state index is 0.0614. The number of aryl methyl sites for hydroxylation is 1. The van der Waals surface area contributed by atoms with Crippen molar-refractivity contribution in [3.63, 3.8) is 0 Å². The molecule has 0 fully saturated rings. The second-order valence-electron chi connectivity index (χ2n) is 5.47. The first kappa shape index (κ1) is 15.9. The molecule has 4 nitrogen and oxygen atoms in total. The zero-order valence-electron chi connectivity index (χ0n) is 11.9. The third-order valence-electron chi connectivity index (χ3n) is 3.89. The van der Waals surface area contributed by atoms with Gasteiger partial charge in [-0.15, -0.1) is 0 Å². The Hall–Kier alpha value is -2.02. The SMILES string of the molecule is O=C(NC1CCc2cn[nH]c2C1)c1ccc(Cl)cc1C(F)(F)F. The third-order valence-corrected chi connectivity index (χ3v) is 4.12. The molecule has 122 valence electrons.